The number of nitrogens with one attached hydrogen (secondary N) is 1. The molecule has 12 heteroatoms. The minimum atomic E-state index is -0.976. The van der Waals surface area contributed by atoms with Crippen molar-refractivity contribution >= 4 is 28.4 Å². The minimum Gasteiger partial charge on any atom is -0.381 e. The molecule has 0 unspecified atom stereocenters. The third-order valence-corrected chi connectivity index (χ3v) is 6.60. The van der Waals surface area contributed by atoms with Crippen molar-refractivity contribution in [2.45, 2.75) is 27.3 Å². The zero-order chi connectivity index (χ0) is 28.9. The maximum atomic E-state index is 14.8. The summed E-state index contributed by atoms with van der Waals surface area (Å²) in [5, 5.41) is 2.69. The molecule has 0 aliphatic rings. The van der Waals surface area contributed by atoms with Crippen molar-refractivity contribution in [3.05, 3.63) is 97.8 Å². The lowest BCUT2D eigenvalue weighted by Gasteiger charge is -2.13. The molecule has 3 heterocycles. The molecule has 40 heavy (non-hydrogen) atoms. The van der Waals surface area contributed by atoms with Crippen molar-refractivity contribution in [1.29, 1.82) is 0 Å². The van der Waals surface area contributed by atoms with Gasteiger partial charge in [-0.15, -0.1) is 0 Å². The van der Waals surface area contributed by atoms with Crippen molar-refractivity contribution in [3.63, 3.8) is 0 Å². The molecule has 0 saturated heterocycles. The van der Waals surface area contributed by atoms with Crippen LogP contribution >= 0.6 is 0 Å². The van der Waals surface area contributed by atoms with E-state index in [0.29, 0.717) is 34.8 Å². The van der Waals surface area contributed by atoms with Crippen LogP contribution in [0.4, 0.5) is 10.1 Å². The summed E-state index contributed by atoms with van der Waals surface area (Å²) in [6.45, 7) is 5.43. The second kappa shape index (κ2) is 9.80. The van der Waals surface area contributed by atoms with Crippen LogP contribution in [0.5, 0.6) is 0 Å². The Labute approximate surface area is 226 Å². The Morgan fingerprint density at radius 2 is 1.77 bits per heavy atom. The van der Waals surface area contributed by atoms with Crippen molar-refractivity contribution < 1.29 is 18.5 Å². The van der Waals surface area contributed by atoms with Gasteiger partial charge in [-0.2, -0.15) is 4.74 Å². The summed E-state index contributed by atoms with van der Waals surface area (Å²) >= 11 is 0. The van der Waals surface area contributed by atoms with Crippen LogP contribution in [0.25, 0.3) is 27.7 Å². The number of hydrogen-bond acceptors (Lipinski definition) is 6. The molecule has 0 aliphatic carbocycles. The zero-order valence-corrected chi connectivity index (χ0v) is 22.1. The number of fused-ring (bicyclic) bond motifs is 1. The molecule has 11 nitrogen and oxygen atoms in total. The van der Waals surface area contributed by atoms with Gasteiger partial charge in [0.15, 0.2) is 11.5 Å². The van der Waals surface area contributed by atoms with Crippen LogP contribution < -0.4 is 22.2 Å². The van der Waals surface area contributed by atoms with Crippen LogP contribution in [0.15, 0.2) is 62.6 Å². The van der Waals surface area contributed by atoms with Crippen LogP contribution in [0.1, 0.15) is 39.2 Å². The third-order valence-electron chi connectivity index (χ3n) is 6.60. The highest BCUT2D eigenvalue weighted by Gasteiger charge is 2.24. The second-order valence-corrected chi connectivity index (χ2v) is 9.20. The summed E-state index contributed by atoms with van der Waals surface area (Å²) in [4.78, 5) is 55.4. The highest BCUT2D eigenvalue weighted by molar-refractivity contribution is 6.11. The van der Waals surface area contributed by atoms with Crippen LogP contribution in [0.3, 0.4) is 0 Å². The number of hydrogen-bond donors (Lipinski definition) is 2. The van der Waals surface area contributed by atoms with Crippen LogP contribution in [-0.2, 0) is 13.6 Å². The van der Waals surface area contributed by atoms with Gasteiger partial charge in [0.2, 0.25) is 0 Å². The van der Waals surface area contributed by atoms with Gasteiger partial charge in [-0.25, -0.2) is 14.1 Å². The number of benzene rings is 2. The lowest BCUT2D eigenvalue weighted by Crippen LogP contribution is -2.21. The first-order chi connectivity index (χ1) is 19.0. The third kappa shape index (κ3) is 4.19. The van der Waals surface area contributed by atoms with Gasteiger partial charge in [0.1, 0.15) is 11.3 Å². The topological polar surface area (TPSA) is 147 Å². The first-order valence-corrected chi connectivity index (χ1v) is 12.3. The average molecular weight is 545 g/mol. The molecule has 3 N–H and O–H groups in total. The number of aryl methyl sites for hydroxylation is 4. The SMILES string of the molecule is CCn1c2c(C(=O)Nc3cccc(C(N)=O)c3F)nc(C)cc2c(=O)n1-c1ccc(-c2c(C)on(C)c2=O)cc1. The summed E-state index contributed by atoms with van der Waals surface area (Å²) in [6.07, 6.45) is 0. The fourth-order valence-electron chi connectivity index (χ4n) is 4.83. The largest absolute Gasteiger partial charge is 0.381 e. The van der Waals surface area contributed by atoms with E-state index < -0.39 is 17.6 Å². The van der Waals surface area contributed by atoms with E-state index in [1.54, 1.807) is 55.8 Å². The van der Waals surface area contributed by atoms with E-state index in [-0.39, 0.29) is 39.0 Å². The maximum Gasteiger partial charge on any atom is 0.290 e. The first kappa shape index (κ1) is 26.4. The Balaban J connectivity index is 1.63. The summed E-state index contributed by atoms with van der Waals surface area (Å²) in [7, 11) is 1.53. The number of carbonyl (C=O) groups is 2. The monoisotopic (exact) mass is 544 g/mol. The van der Waals surface area contributed by atoms with E-state index in [1.807, 2.05) is 0 Å². The van der Waals surface area contributed by atoms with Crippen LogP contribution in [0.2, 0.25) is 0 Å². The predicted molar refractivity (Wildman–Crippen MR) is 146 cm³/mol. The Hall–Kier alpha value is -5.26. The summed E-state index contributed by atoms with van der Waals surface area (Å²) in [6, 6.07) is 12.3. The van der Waals surface area contributed by atoms with Gasteiger partial charge in [-0.3, -0.25) is 23.9 Å². The standard InChI is InChI=1S/C28H25FN6O5/c1-5-34-24-19(13-14(2)31-23(24)26(37)32-20-8-6-7-18(22(20)29)25(30)36)27(38)35(34)17-11-9-16(10-12-17)21-15(3)40-33(4)28(21)39/h6-13H,5H2,1-4H3,(H2,30,36)(H,32,37). The quantitative estimate of drug-likeness (QED) is 0.335. The molecule has 204 valence electrons. The first-order valence-electron chi connectivity index (χ1n) is 12.3. The van der Waals surface area contributed by atoms with E-state index in [0.717, 1.165) is 4.74 Å². The fourth-order valence-corrected chi connectivity index (χ4v) is 4.83. The fraction of sp³-hybridized carbons (Fsp3) is 0.179. The van der Waals surface area contributed by atoms with Crippen molar-refractivity contribution in [2.24, 2.45) is 12.8 Å². The van der Waals surface area contributed by atoms with E-state index in [2.05, 4.69) is 10.3 Å². The van der Waals surface area contributed by atoms with Gasteiger partial charge in [0.25, 0.3) is 22.9 Å². The minimum absolute atomic E-state index is 0.0919. The highest BCUT2D eigenvalue weighted by Crippen LogP contribution is 2.25. The molecule has 2 aromatic carbocycles. The Bertz CT molecular complexity index is 1950. The number of primary amides is 1. The van der Waals surface area contributed by atoms with E-state index in [9.17, 15) is 23.6 Å². The zero-order valence-electron chi connectivity index (χ0n) is 22.1. The van der Waals surface area contributed by atoms with Crippen LogP contribution in [0, 0.1) is 19.7 Å². The number of nitrogens with two attached hydrogens (primary N) is 1. The number of rotatable bonds is 6. The molecule has 0 saturated carbocycles. The lowest BCUT2D eigenvalue weighted by molar-refractivity contribution is 0.0991. The van der Waals surface area contributed by atoms with Crippen molar-refractivity contribution in [3.8, 4) is 16.8 Å². The molecule has 0 aliphatic heterocycles. The normalized spacial score (nSPS) is 11.2. The molecule has 0 atom stereocenters. The summed E-state index contributed by atoms with van der Waals surface area (Å²) in [5.74, 6) is -2.25. The number of aromatic nitrogens is 4. The molecule has 5 rings (SSSR count). The van der Waals surface area contributed by atoms with Crippen molar-refractivity contribution in [1.82, 2.24) is 19.1 Å². The van der Waals surface area contributed by atoms with Gasteiger partial charge in [-0.05, 0) is 56.7 Å². The molecule has 3 aromatic heterocycles. The molecule has 0 fully saturated rings. The smallest absolute Gasteiger partial charge is 0.290 e. The lowest BCUT2D eigenvalue weighted by atomic mass is 10.1. The van der Waals surface area contributed by atoms with E-state index in [1.165, 1.54) is 29.9 Å². The highest BCUT2D eigenvalue weighted by atomic mass is 19.1. The number of pyridine rings is 1. The number of halogens is 1. The van der Waals surface area contributed by atoms with Gasteiger partial charge < -0.3 is 15.6 Å². The molecule has 0 bridgehead atoms. The average Bonchev–Trinajstić information content (AvgIpc) is 3.35. The Morgan fingerprint density at radius 1 is 1.07 bits per heavy atom. The molecule has 2 amide bonds. The van der Waals surface area contributed by atoms with Gasteiger partial charge in [0.05, 0.1) is 27.9 Å². The van der Waals surface area contributed by atoms with Gasteiger partial charge in [-0.1, -0.05) is 18.2 Å². The number of amides is 2. The van der Waals surface area contributed by atoms with E-state index in [4.69, 9.17) is 10.3 Å². The predicted octanol–water partition coefficient (Wildman–Crippen LogP) is 3.27. The molecular formula is C28H25FN6O5. The Kier molecular flexibility index (Phi) is 6.46. The number of carbonyl (C=O) groups excluding carboxylic acids is 2. The summed E-state index contributed by atoms with van der Waals surface area (Å²) < 4.78 is 24.4. The second-order valence-electron chi connectivity index (χ2n) is 9.20. The van der Waals surface area contributed by atoms with Crippen molar-refractivity contribution in [2.75, 3.05) is 5.32 Å². The Morgan fingerprint density at radius 3 is 2.38 bits per heavy atom. The van der Waals surface area contributed by atoms with Crippen LogP contribution in [-0.4, -0.2) is 30.9 Å². The molecule has 0 spiro atoms. The molecule has 5 aromatic rings. The van der Waals surface area contributed by atoms with Gasteiger partial charge >= 0.3 is 0 Å². The maximum absolute atomic E-state index is 14.8. The van der Waals surface area contributed by atoms with Gasteiger partial charge in [0, 0.05) is 19.3 Å². The molecular weight excluding hydrogens is 519 g/mol. The molecule has 0 radical (unpaired) electrons. The summed E-state index contributed by atoms with van der Waals surface area (Å²) in [5.41, 5.74) is 6.05. The number of anilines is 1. The van der Waals surface area contributed by atoms with E-state index >= 15 is 0 Å². The number of nitrogens with zero attached hydrogens (tertiary/aromatic N) is 4.